The Labute approximate surface area is 124 Å². The van der Waals surface area contributed by atoms with Crippen LogP contribution in [0.2, 0.25) is 0 Å². The van der Waals surface area contributed by atoms with E-state index in [1.807, 2.05) is 24.3 Å². The predicted octanol–water partition coefficient (Wildman–Crippen LogP) is 3.83. The highest BCUT2D eigenvalue weighted by Crippen LogP contribution is 2.27. The molecule has 0 aliphatic carbocycles. The fourth-order valence-electron chi connectivity index (χ4n) is 1.47. The van der Waals surface area contributed by atoms with Crippen LogP contribution in [0, 0.1) is 0 Å². The molecular weight excluding hydrogens is 326 g/mol. The van der Waals surface area contributed by atoms with Crippen LogP contribution < -0.4 is 4.74 Å². The Bertz CT molecular complexity index is 589. The van der Waals surface area contributed by atoms with E-state index in [4.69, 9.17) is 4.74 Å². The van der Waals surface area contributed by atoms with Gasteiger partial charge < -0.3 is 4.74 Å². The van der Waals surface area contributed by atoms with Crippen molar-refractivity contribution in [3.8, 4) is 5.75 Å². The van der Waals surface area contributed by atoms with E-state index in [0.717, 1.165) is 9.37 Å². The number of hydrogen-bond acceptors (Lipinski definition) is 4. The summed E-state index contributed by atoms with van der Waals surface area (Å²) < 4.78 is 6.05. The molecule has 0 aliphatic heterocycles. The highest BCUT2D eigenvalue weighted by Gasteiger charge is 2.09. The molecule has 0 spiro atoms. The lowest BCUT2D eigenvalue weighted by atomic mass is 10.2. The van der Waals surface area contributed by atoms with Gasteiger partial charge in [0.05, 0.1) is 19.1 Å². The molecule has 1 heterocycles. The molecule has 19 heavy (non-hydrogen) atoms. The molecule has 0 unspecified atom stereocenters. The van der Waals surface area contributed by atoms with Crippen LogP contribution in [0.4, 0.5) is 0 Å². The Kier molecular flexibility index (Phi) is 4.99. The zero-order valence-corrected chi connectivity index (χ0v) is 12.7. The van der Waals surface area contributed by atoms with Crippen LogP contribution in [-0.4, -0.2) is 23.6 Å². The van der Waals surface area contributed by atoms with E-state index in [2.05, 4.69) is 20.9 Å². The van der Waals surface area contributed by atoms with E-state index in [9.17, 15) is 4.79 Å². The highest BCUT2D eigenvalue weighted by molar-refractivity contribution is 9.10. The zero-order valence-electron chi connectivity index (χ0n) is 10.3. The average molecular weight is 338 g/mol. The zero-order chi connectivity index (χ0) is 13.7. The maximum atomic E-state index is 12.1. The van der Waals surface area contributed by atoms with Gasteiger partial charge in [0.1, 0.15) is 5.75 Å². The number of Topliss-reactive ketones (excluding diaryl/α,β-unsaturated/α-hetero) is 1. The molecule has 0 radical (unpaired) electrons. The molecule has 2 aromatic rings. The van der Waals surface area contributed by atoms with Gasteiger partial charge in [-0.2, -0.15) is 0 Å². The van der Waals surface area contributed by atoms with E-state index in [-0.39, 0.29) is 5.78 Å². The standard InChI is InChI=1S/C14H12BrNO2S/c1-18-11-6-10(7-16-8-11)13(17)9-19-14-5-3-2-4-12(14)15/h2-8H,9H2,1H3. The number of nitrogens with zero attached hydrogens (tertiary/aromatic N) is 1. The van der Waals surface area contributed by atoms with Crippen LogP contribution in [0.1, 0.15) is 10.4 Å². The Morgan fingerprint density at radius 3 is 2.89 bits per heavy atom. The first-order valence-corrected chi connectivity index (χ1v) is 7.38. The third-order valence-electron chi connectivity index (χ3n) is 2.47. The number of pyridine rings is 1. The van der Waals surface area contributed by atoms with E-state index in [1.165, 1.54) is 11.8 Å². The van der Waals surface area contributed by atoms with Crippen molar-refractivity contribution in [3.05, 3.63) is 52.8 Å². The van der Waals surface area contributed by atoms with Crippen molar-refractivity contribution in [1.82, 2.24) is 4.98 Å². The van der Waals surface area contributed by atoms with Gasteiger partial charge in [-0.15, -0.1) is 11.8 Å². The van der Waals surface area contributed by atoms with Crippen LogP contribution in [-0.2, 0) is 0 Å². The van der Waals surface area contributed by atoms with E-state index >= 15 is 0 Å². The monoisotopic (exact) mass is 337 g/mol. The van der Waals surface area contributed by atoms with Crippen molar-refractivity contribution in [2.45, 2.75) is 4.90 Å². The number of halogens is 1. The maximum Gasteiger partial charge on any atom is 0.174 e. The lowest BCUT2D eigenvalue weighted by Crippen LogP contribution is -2.03. The summed E-state index contributed by atoms with van der Waals surface area (Å²) >= 11 is 4.96. The number of hydrogen-bond donors (Lipinski definition) is 0. The molecule has 0 N–H and O–H groups in total. The van der Waals surface area contributed by atoms with Crippen LogP contribution in [0.5, 0.6) is 5.75 Å². The summed E-state index contributed by atoms with van der Waals surface area (Å²) in [6.07, 6.45) is 3.14. The van der Waals surface area contributed by atoms with E-state index in [0.29, 0.717) is 17.1 Å². The quantitative estimate of drug-likeness (QED) is 0.614. The number of ketones is 1. The Balaban J connectivity index is 2.03. The number of aromatic nitrogens is 1. The second-order valence-electron chi connectivity index (χ2n) is 3.76. The summed E-state index contributed by atoms with van der Waals surface area (Å²) in [6.45, 7) is 0. The number of carbonyl (C=O) groups is 1. The molecule has 2 rings (SSSR count). The van der Waals surface area contributed by atoms with Crippen LogP contribution >= 0.6 is 27.7 Å². The number of ether oxygens (including phenoxy) is 1. The van der Waals surface area contributed by atoms with Gasteiger partial charge in [0.15, 0.2) is 5.78 Å². The summed E-state index contributed by atoms with van der Waals surface area (Å²) in [7, 11) is 1.56. The van der Waals surface area contributed by atoms with E-state index < -0.39 is 0 Å². The topological polar surface area (TPSA) is 39.2 Å². The number of benzene rings is 1. The predicted molar refractivity (Wildman–Crippen MR) is 80.0 cm³/mol. The van der Waals surface area contributed by atoms with Crippen molar-refractivity contribution in [1.29, 1.82) is 0 Å². The lowest BCUT2D eigenvalue weighted by Gasteiger charge is -2.05. The fraction of sp³-hybridized carbons (Fsp3) is 0.143. The molecule has 0 aliphatic rings. The second kappa shape index (κ2) is 6.73. The molecule has 98 valence electrons. The number of rotatable bonds is 5. The number of thioether (sulfide) groups is 1. The third-order valence-corrected chi connectivity index (χ3v) is 4.49. The first kappa shape index (κ1) is 14.1. The molecule has 5 heteroatoms. The molecule has 0 saturated heterocycles. The highest BCUT2D eigenvalue weighted by atomic mass is 79.9. The van der Waals surface area contributed by atoms with Gasteiger partial charge in [0.25, 0.3) is 0 Å². The minimum absolute atomic E-state index is 0.0344. The van der Waals surface area contributed by atoms with Crippen molar-refractivity contribution in [2.75, 3.05) is 12.9 Å². The largest absolute Gasteiger partial charge is 0.495 e. The SMILES string of the molecule is COc1cncc(C(=O)CSc2ccccc2Br)c1. The molecular formula is C14H12BrNO2S. The van der Waals surface area contributed by atoms with Crippen molar-refractivity contribution in [3.63, 3.8) is 0 Å². The molecule has 0 saturated carbocycles. The van der Waals surface area contributed by atoms with E-state index in [1.54, 1.807) is 25.6 Å². The van der Waals surface area contributed by atoms with Gasteiger partial charge >= 0.3 is 0 Å². The number of carbonyl (C=O) groups excluding carboxylic acids is 1. The van der Waals surface area contributed by atoms with Crippen LogP contribution in [0.25, 0.3) is 0 Å². The molecule has 0 atom stereocenters. The summed E-state index contributed by atoms with van der Waals surface area (Å²) in [5.41, 5.74) is 0.568. The second-order valence-corrected chi connectivity index (χ2v) is 5.63. The van der Waals surface area contributed by atoms with Gasteiger partial charge in [-0.05, 0) is 34.1 Å². The van der Waals surface area contributed by atoms with Gasteiger partial charge in [-0.25, -0.2) is 0 Å². The Morgan fingerprint density at radius 1 is 1.37 bits per heavy atom. The normalized spacial score (nSPS) is 10.2. The minimum Gasteiger partial charge on any atom is -0.495 e. The van der Waals surface area contributed by atoms with Crippen LogP contribution in [0.3, 0.4) is 0 Å². The Morgan fingerprint density at radius 2 is 2.16 bits per heavy atom. The van der Waals surface area contributed by atoms with Crippen molar-refractivity contribution >= 4 is 33.5 Å². The van der Waals surface area contributed by atoms with Gasteiger partial charge in [-0.1, -0.05) is 12.1 Å². The molecule has 0 bridgehead atoms. The Hall–Kier alpha value is -1.33. The van der Waals surface area contributed by atoms with Gasteiger partial charge in [0, 0.05) is 21.1 Å². The van der Waals surface area contributed by atoms with Crippen LogP contribution in [0.15, 0.2) is 52.1 Å². The molecule has 0 amide bonds. The molecule has 1 aromatic carbocycles. The molecule has 3 nitrogen and oxygen atoms in total. The van der Waals surface area contributed by atoms with Crippen molar-refractivity contribution in [2.24, 2.45) is 0 Å². The van der Waals surface area contributed by atoms with Gasteiger partial charge in [-0.3, -0.25) is 9.78 Å². The maximum absolute atomic E-state index is 12.1. The van der Waals surface area contributed by atoms with Gasteiger partial charge in [0.2, 0.25) is 0 Å². The third kappa shape index (κ3) is 3.81. The number of methoxy groups -OCH3 is 1. The molecule has 0 fully saturated rings. The summed E-state index contributed by atoms with van der Waals surface area (Å²) in [5, 5.41) is 0. The fourth-order valence-corrected chi connectivity index (χ4v) is 2.93. The minimum atomic E-state index is 0.0344. The average Bonchev–Trinajstić information content (AvgIpc) is 2.46. The summed E-state index contributed by atoms with van der Waals surface area (Å²) in [6, 6.07) is 9.54. The summed E-state index contributed by atoms with van der Waals surface area (Å²) in [5.74, 6) is 1.00. The smallest absolute Gasteiger partial charge is 0.174 e. The van der Waals surface area contributed by atoms with Crippen molar-refractivity contribution < 1.29 is 9.53 Å². The lowest BCUT2D eigenvalue weighted by molar-refractivity contribution is 0.102. The molecule has 1 aromatic heterocycles. The summed E-state index contributed by atoms with van der Waals surface area (Å²) in [4.78, 5) is 17.1. The first-order valence-electron chi connectivity index (χ1n) is 5.60. The first-order chi connectivity index (χ1) is 9.20.